The third-order valence-corrected chi connectivity index (χ3v) is 4.26. The topological polar surface area (TPSA) is 65.0 Å². The fraction of sp³-hybridized carbons (Fsp3) is 0.500. The molecule has 8 heteroatoms. The van der Waals surface area contributed by atoms with Gasteiger partial charge in [-0.3, -0.25) is 9.88 Å². The van der Waals surface area contributed by atoms with Gasteiger partial charge in [-0.2, -0.15) is 13.2 Å². The van der Waals surface area contributed by atoms with Crippen LogP contribution in [0.25, 0.3) is 0 Å². The Hall–Kier alpha value is -2.09. The number of nitrogens with one attached hydrogen (secondary N) is 1. The van der Waals surface area contributed by atoms with Crippen molar-refractivity contribution >= 4 is 0 Å². The SMILES string of the molecule is Cc1ccc(O)c(CN2CCCC(c3ncc(C(F)(F)F)[nH]3)C2)n1. The molecule has 0 saturated carbocycles. The quantitative estimate of drug-likeness (QED) is 0.900. The molecular weight excluding hydrogens is 321 g/mol. The van der Waals surface area contributed by atoms with Crippen LogP contribution >= 0.6 is 0 Å². The lowest BCUT2D eigenvalue weighted by atomic mass is 9.97. The van der Waals surface area contributed by atoms with E-state index in [4.69, 9.17) is 0 Å². The maximum absolute atomic E-state index is 12.7. The predicted octanol–water partition coefficient (Wildman–Crippen LogP) is 3.22. The van der Waals surface area contributed by atoms with Crippen molar-refractivity contribution in [1.82, 2.24) is 19.9 Å². The van der Waals surface area contributed by atoms with E-state index in [9.17, 15) is 18.3 Å². The van der Waals surface area contributed by atoms with Crippen LogP contribution in [-0.4, -0.2) is 38.0 Å². The van der Waals surface area contributed by atoms with E-state index >= 15 is 0 Å². The molecule has 130 valence electrons. The van der Waals surface area contributed by atoms with Gasteiger partial charge in [-0.25, -0.2) is 4.98 Å². The van der Waals surface area contributed by atoms with Crippen LogP contribution < -0.4 is 0 Å². The fourth-order valence-corrected chi connectivity index (χ4v) is 3.04. The van der Waals surface area contributed by atoms with Crippen molar-refractivity contribution in [2.75, 3.05) is 13.1 Å². The molecule has 1 aliphatic rings. The summed E-state index contributed by atoms with van der Waals surface area (Å²) in [6, 6.07) is 3.35. The van der Waals surface area contributed by atoms with E-state index in [1.807, 2.05) is 6.92 Å². The number of aromatic hydroxyl groups is 1. The van der Waals surface area contributed by atoms with E-state index in [-0.39, 0.29) is 11.7 Å². The lowest BCUT2D eigenvalue weighted by Gasteiger charge is -2.31. The molecule has 0 aromatic carbocycles. The number of hydrogen-bond acceptors (Lipinski definition) is 4. The first kappa shape index (κ1) is 16.8. The number of imidazole rings is 1. The molecule has 2 N–H and O–H groups in total. The summed E-state index contributed by atoms with van der Waals surface area (Å²) >= 11 is 0. The zero-order chi connectivity index (χ0) is 17.3. The van der Waals surface area contributed by atoms with Gasteiger partial charge in [-0.05, 0) is 38.4 Å². The Balaban J connectivity index is 1.70. The highest BCUT2D eigenvalue weighted by atomic mass is 19.4. The fourth-order valence-electron chi connectivity index (χ4n) is 3.04. The Labute approximate surface area is 137 Å². The number of hydrogen-bond donors (Lipinski definition) is 2. The number of aryl methyl sites for hydroxylation is 1. The van der Waals surface area contributed by atoms with E-state index < -0.39 is 11.9 Å². The van der Waals surface area contributed by atoms with Crippen molar-refractivity contribution in [2.24, 2.45) is 0 Å². The molecule has 1 aliphatic heterocycles. The van der Waals surface area contributed by atoms with Gasteiger partial charge in [0.25, 0.3) is 0 Å². The third-order valence-electron chi connectivity index (χ3n) is 4.26. The molecule has 2 aromatic rings. The zero-order valence-corrected chi connectivity index (χ0v) is 13.3. The highest BCUT2D eigenvalue weighted by Gasteiger charge is 2.34. The van der Waals surface area contributed by atoms with Crippen LogP contribution in [0.3, 0.4) is 0 Å². The number of nitrogens with zero attached hydrogens (tertiary/aromatic N) is 3. The second-order valence-electron chi connectivity index (χ2n) is 6.17. The number of aromatic nitrogens is 3. The van der Waals surface area contributed by atoms with Crippen molar-refractivity contribution in [1.29, 1.82) is 0 Å². The average molecular weight is 340 g/mol. The molecule has 0 aliphatic carbocycles. The number of H-pyrrole nitrogens is 1. The largest absolute Gasteiger partial charge is 0.506 e. The van der Waals surface area contributed by atoms with Crippen molar-refractivity contribution in [3.05, 3.63) is 41.2 Å². The molecule has 24 heavy (non-hydrogen) atoms. The van der Waals surface area contributed by atoms with E-state index in [0.717, 1.165) is 31.3 Å². The minimum absolute atomic E-state index is 0.0817. The molecule has 0 radical (unpaired) electrons. The Kier molecular flexibility index (Phi) is 4.49. The van der Waals surface area contributed by atoms with Crippen LogP contribution in [0.5, 0.6) is 5.75 Å². The summed E-state index contributed by atoms with van der Waals surface area (Å²) in [6.07, 6.45) is -1.91. The Bertz CT molecular complexity index is 714. The second kappa shape index (κ2) is 6.43. The van der Waals surface area contributed by atoms with Crippen molar-refractivity contribution in [3.8, 4) is 5.75 Å². The highest BCUT2D eigenvalue weighted by molar-refractivity contribution is 5.27. The van der Waals surface area contributed by atoms with Crippen molar-refractivity contribution < 1.29 is 18.3 Å². The van der Waals surface area contributed by atoms with E-state index in [1.54, 1.807) is 12.1 Å². The standard InChI is InChI=1S/C16H19F3N4O/c1-10-4-5-13(24)12(21-10)9-23-6-2-3-11(8-23)15-20-7-14(22-15)16(17,18)19/h4-5,7,11,24H,2-3,6,8-9H2,1H3,(H,20,22). The maximum atomic E-state index is 12.7. The van der Waals surface area contributed by atoms with Crippen LogP contribution in [0, 0.1) is 6.92 Å². The molecule has 0 bridgehead atoms. The summed E-state index contributed by atoms with van der Waals surface area (Å²) in [5, 5.41) is 9.91. The van der Waals surface area contributed by atoms with Gasteiger partial charge in [0, 0.05) is 24.7 Å². The van der Waals surface area contributed by atoms with Crippen LogP contribution in [0.2, 0.25) is 0 Å². The molecule has 1 saturated heterocycles. The summed E-state index contributed by atoms with van der Waals surface area (Å²) in [5.41, 5.74) is 0.593. The summed E-state index contributed by atoms with van der Waals surface area (Å²) in [6.45, 7) is 3.72. The van der Waals surface area contributed by atoms with Gasteiger partial charge < -0.3 is 10.1 Å². The number of aromatic amines is 1. The van der Waals surface area contributed by atoms with Crippen LogP contribution in [-0.2, 0) is 12.7 Å². The van der Waals surface area contributed by atoms with Gasteiger partial charge in [-0.15, -0.1) is 0 Å². The third kappa shape index (κ3) is 3.69. The monoisotopic (exact) mass is 340 g/mol. The number of pyridine rings is 1. The maximum Gasteiger partial charge on any atom is 0.432 e. The number of alkyl halides is 3. The number of likely N-dealkylation sites (tertiary alicyclic amines) is 1. The minimum Gasteiger partial charge on any atom is -0.506 e. The van der Waals surface area contributed by atoms with Crippen LogP contribution in [0.4, 0.5) is 13.2 Å². The molecule has 0 spiro atoms. The van der Waals surface area contributed by atoms with Gasteiger partial charge in [-0.1, -0.05) is 0 Å². The summed E-state index contributed by atoms with van der Waals surface area (Å²) in [4.78, 5) is 12.7. The van der Waals surface area contributed by atoms with E-state index in [0.29, 0.717) is 24.6 Å². The summed E-state index contributed by atoms with van der Waals surface area (Å²) in [7, 11) is 0. The molecule has 3 heterocycles. The van der Waals surface area contributed by atoms with Gasteiger partial charge in [0.05, 0.1) is 11.9 Å². The molecule has 1 unspecified atom stereocenters. The van der Waals surface area contributed by atoms with Gasteiger partial charge >= 0.3 is 6.18 Å². The predicted molar refractivity (Wildman–Crippen MR) is 81.5 cm³/mol. The molecule has 1 atom stereocenters. The molecule has 0 amide bonds. The lowest BCUT2D eigenvalue weighted by Crippen LogP contribution is -2.34. The van der Waals surface area contributed by atoms with Crippen LogP contribution in [0.15, 0.2) is 18.3 Å². The van der Waals surface area contributed by atoms with Crippen LogP contribution in [0.1, 0.15) is 41.7 Å². The molecule has 2 aromatic heterocycles. The zero-order valence-electron chi connectivity index (χ0n) is 13.3. The summed E-state index contributed by atoms with van der Waals surface area (Å²) in [5.74, 6) is 0.426. The molecule has 3 rings (SSSR count). The van der Waals surface area contributed by atoms with E-state index in [1.165, 1.54) is 0 Å². The first-order chi connectivity index (χ1) is 11.3. The van der Waals surface area contributed by atoms with Crippen molar-refractivity contribution in [2.45, 2.75) is 38.4 Å². The second-order valence-corrected chi connectivity index (χ2v) is 6.17. The summed E-state index contributed by atoms with van der Waals surface area (Å²) < 4.78 is 38.1. The van der Waals surface area contributed by atoms with Crippen molar-refractivity contribution in [3.63, 3.8) is 0 Å². The Morgan fingerprint density at radius 3 is 2.88 bits per heavy atom. The smallest absolute Gasteiger partial charge is 0.432 e. The highest BCUT2D eigenvalue weighted by Crippen LogP contribution is 2.31. The first-order valence-electron chi connectivity index (χ1n) is 7.83. The molecule has 1 fully saturated rings. The normalized spacial score (nSPS) is 19.6. The first-order valence-corrected chi connectivity index (χ1v) is 7.83. The number of piperidine rings is 1. The average Bonchev–Trinajstić information content (AvgIpc) is 3.01. The van der Waals surface area contributed by atoms with Gasteiger partial charge in [0.1, 0.15) is 17.3 Å². The lowest BCUT2D eigenvalue weighted by molar-refractivity contribution is -0.141. The Morgan fingerprint density at radius 1 is 1.38 bits per heavy atom. The molecule has 5 nitrogen and oxygen atoms in total. The Morgan fingerprint density at radius 2 is 2.17 bits per heavy atom. The number of rotatable bonds is 3. The van der Waals surface area contributed by atoms with Gasteiger partial charge in [0.2, 0.25) is 0 Å². The van der Waals surface area contributed by atoms with Gasteiger partial charge in [0.15, 0.2) is 0 Å². The number of halogens is 3. The van der Waals surface area contributed by atoms with E-state index in [2.05, 4.69) is 19.9 Å². The minimum atomic E-state index is -4.41. The molecular formula is C16H19F3N4O.